The molecule has 12 heteroatoms. The molecule has 2 heterocycles. The summed E-state index contributed by atoms with van der Waals surface area (Å²) in [5, 5.41) is 46.1. The van der Waals surface area contributed by atoms with Gasteiger partial charge in [-0.3, -0.25) is 5.32 Å². The average molecular weight is 582 g/mol. The van der Waals surface area contributed by atoms with Crippen molar-refractivity contribution in [3.05, 3.63) is 96.4 Å². The van der Waals surface area contributed by atoms with Crippen LogP contribution in [0.3, 0.4) is 0 Å². The first-order chi connectivity index (χ1) is 19.9. The third-order valence-corrected chi connectivity index (χ3v) is 8.27. The first kappa shape index (κ1) is 27.5. The van der Waals surface area contributed by atoms with Gasteiger partial charge in [0.1, 0.15) is 37.4 Å². The van der Waals surface area contributed by atoms with Crippen molar-refractivity contribution in [2.75, 3.05) is 13.2 Å². The number of ether oxygens (including phenoxy) is 2. The second kappa shape index (κ2) is 11.3. The second-order valence-corrected chi connectivity index (χ2v) is 10.9. The maximum atomic E-state index is 13.0. The molecule has 2 aliphatic rings. The Morgan fingerprint density at radius 2 is 1.46 bits per heavy atom. The third kappa shape index (κ3) is 5.13. The van der Waals surface area contributed by atoms with Crippen LogP contribution >= 0.6 is 8.24 Å². The summed E-state index contributed by atoms with van der Waals surface area (Å²) >= 11 is 0. The number of benzene rings is 3. The van der Waals surface area contributed by atoms with E-state index in [4.69, 9.17) is 22.4 Å². The van der Waals surface area contributed by atoms with E-state index in [2.05, 4.69) is 5.32 Å². The van der Waals surface area contributed by atoms with Gasteiger partial charge in [0.15, 0.2) is 0 Å². The maximum absolute atomic E-state index is 13.0. The van der Waals surface area contributed by atoms with Crippen LogP contribution in [-0.4, -0.2) is 70.1 Å². The van der Waals surface area contributed by atoms with E-state index in [0.29, 0.717) is 10.8 Å². The zero-order valence-corrected chi connectivity index (χ0v) is 22.5. The van der Waals surface area contributed by atoms with E-state index < -0.39 is 51.3 Å². The molecule has 1 amide bonds. The molecule has 5 atom stereocenters. The number of amides is 1. The highest BCUT2D eigenvalue weighted by Gasteiger charge is 2.57. The number of carbonyl (C=O) groups is 1. The summed E-state index contributed by atoms with van der Waals surface area (Å²) in [6.45, 7) is -0.774. The van der Waals surface area contributed by atoms with E-state index in [0.717, 1.165) is 22.3 Å². The number of rotatable bonds is 6. The molecule has 4 aromatic rings. The van der Waals surface area contributed by atoms with Crippen LogP contribution in [-0.2, 0) is 9.47 Å². The van der Waals surface area contributed by atoms with Crippen LogP contribution in [0, 0.1) is 0 Å². The van der Waals surface area contributed by atoms with Gasteiger partial charge in [0.05, 0.1) is 6.61 Å². The maximum Gasteiger partial charge on any atom is 0.409 e. The van der Waals surface area contributed by atoms with Gasteiger partial charge >= 0.3 is 14.3 Å². The monoisotopic (exact) mass is 581 g/mol. The van der Waals surface area contributed by atoms with Gasteiger partial charge in [-0.15, -0.1) is 0 Å². The van der Waals surface area contributed by atoms with Crippen molar-refractivity contribution in [3.63, 3.8) is 0 Å². The molecule has 0 radical (unpaired) electrons. The molecule has 214 valence electrons. The van der Waals surface area contributed by atoms with Crippen molar-refractivity contribution >= 4 is 25.1 Å². The molecule has 0 saturated carbocycles. The smallest absolute Gasteiger partial charge is 0.409 e. The zero-order valence-electron chi connectivity index (χ0n) is 21.6. The van der Waals surface area contributed by atoms with Gasteiger partial charge in [-0.05, 0) is 22.3 Å². The van der Waals surface area contributed by atoms with Crippen LogP contribution in [0.2, 0.25) is 0 Å². The lowest BCUT2D eigenvalue weighted by Gasteiger charge is -2.46. The highest BCUT2D eigenvalue weighted by molar-refractivity contribution is 7.31. The average Bonchev–Trinajstić information content (AvgIpc) is 3.16. The largest absolute Gasteiger partial charge is 0.448 e. The number of alkyl carbamates (subject to hydrolysis) is 1. The molecule has 0 spiro atoms. The second-order valence-electron chi connectivity index (χ2n) is 9.80. The number of fused-ring (bicyclic) bond motifs is 4. The highest BCUT2D eigenvalue weighted by Crippen LogP contribution is 2.44. The summed E-state index contributed by atoms with van der Waals surface area (Å²) < 4.78 is 27.9. The van der Waals surface area contributed by atoms with E-state index in [1.165, 1.54) is 12.5 Å². The fourth-order valence-electron chi connectivity index (χ4n) is 5.21. The van der Waals surface area contributed by atoms with Crippen molar-refractivity contribution in [2.45, 2.75) is 36.2 Å². The molecule has 5 N–H and O–H groups in total. The molecular formula is C29H28NO10P. The Bertz CT molecular complexity index is 1510. The van der Waals surface area contributed by atoms with Gasteiger partial charge in [0.2, 0.25) is 12.0 Å². The van der Waals surface area contributed by atoms with Crippen LogP contribution < -0.4 is 9.84 Å². The molecule has 1 fully saturated rings. The van der Waals surface area contributed by atoms with Crippen molar-refractivity contribution < 1.29 is 47.6 Å². The van der Waals surface area contributed by atoms with E-state index in [-0.39, 0.29) is 12.5 Å². The van der Waals surface area contributed by atoms with Gasteiger partial charge in [-0.25, -0.2) is 9.32 Å². The fraction of sp³-hybridized carbons (Fsp3) is 0.276. The molecular weight excluding hydrogens is 553 g/mol. The number of carbonyl (C=O) groups excluding carboxylic acids is 1. The van der Waals surface area contributed by atoms with Gasteiger partial charge in [-0.2, -0.15) is 0 Å². The predicted molar refractivity (Wildman–Crippen MR) is 146 cm³/mol. The van der Waals surface area contributed by atoms with Crippen molar-refractivity contribution in [1.29, 1.82) is 0 Å². The summed E-state index contributed by atoms with van der Waals surface area (Å²) in [6, 6.07) is 22.8. The molecule has 1 unspecified atom stereocenters. The minimum absolute atomic E-state index is 0.0681. The third-order valence-electron chi connectivity index (χ3n) is 7.35. The normalized spacial score (nSPS) is 25.4. The summed E-state index contributed by atoms with van der Waals surface area (Å²) in [4.78, 5) is 13.0. The van der Waals surface area contributed by atoms with Crippen LogP contribution in [0.25, 0.3) is 21.9 Å². The SMILES string of the molecule is O=C(N[C@]1(O)C(Op2occ3ccccc3co2)O[C@H](CO)[C@@H](O)[C@@H]1O)OCC1c2ccccc2-c2ccccc21. The number of nitrogens with one attached hydrogen (secondary N) is 1. The Morgan fingerprint density at radius 3 is 2.05 bits per heavy atom. The number of aliphatic hydroxyl groups is 4. The Kier molecular flexibility index (Phi) is 7.58. The molecule has 1 saturated heterocycles. The van der Waals surface area contributed by atoms with E-state index in [9.17, 15) is 25.2 Å². The summed E-state index contributed by atoms with van der Waals surface area (Å²) in [7, 11) is -2.24. The van der Waals surface area contributed by atoms with Crippen molar-refractivity contribution in [2.24, 2.45) is 0 Å². The minimum atomic E-state index is -2.71. The molecule has 0 bridgehead atoms. The van der Waals surface area contributed by atoms with E-state index >= 15 is 0 Å². The fourth-order valence-corrected chi connectivity index (χ4v) is 6.13. The molecule has 1 aromatic heterocycles. The Hall–Kier alpha value is -3.67. The van der Waals surface area contributed by atoms with Gasteiger partial charge in [0.25, 0.3) is 0 Å². The van der Waals surface area contributed by atoms with Crippen molar-refractivity contribution in [3.8, 4) is 11.1 Å². The highest BCUT2D eigenvalue weighted by atomic mass is 31.1. The lowest BCUT2D eigenvalue weighted by Crippen LogP contribution is -2.74. The van der Waals surface area contributed by atoms with Crippen molar-refractivity contribution in [1.82, 2.24) is 5.32 Å². The lowest BCUT2D eigenvalue weighted by molar-refractivity contribution is -0.319. The van der Waals surface area contributed by atoms with E-state index in [1.807, 2.05) is 60.7 Å². The first-order valence-corrected chi connectivity index (χ1v) is 14.0. The van der Waals surface area contributed by atoms with Gasteiger partial charge in [0, 0.05) is 16.7 Å². The molecule has 1 aliphatic carbocycles. The molecule has 3 aromatic carbocycles. The topological polar surface area (TPSA) is 164 Å². The molecule has 1 aliphatic heterocycles. The van der Waals surface area contributed by atoms with Crippen LogP contribution in [0.1, 0.15) is 17.0 Å². The predicted octanol–water partition coefficient (Wildman–Crippen LogP) is 3.23. The number of hydrogen-bond donors (Lipinski definition) is 5. The van der Waals surface area contributed by atoms with Gasteiger partial charge in [-0.1, -0.05) is 72.8 Å². The number of aliphatic hydroxyl groups excluding tert-OH is 3. The minimum Gasteiger partial charge on any atom is -0.448 e. The van der Waals surface area contributed by atoms with Crippen LogP contribution in [0.15, 0.2) is 93.7 Å². The molecule has 11 nitrogen and oxygen atoms in total. The van der Waals surface area contributed by atoms with Gasteiger partial charge < -0.3 is 38.3 Å². The molecule has 6 rings (SSSR count). The van der Waals surface area contributed by atoms with E-state index in [1.54, 1.807) is 12.1 Å². The first-order valence-electron chi connectivity index (χ1n) is 12.9. The standard InChI is InChI=1S/C29H28NO10P/c31-13-24-25(32)26(33)29(35,27(39-24)40-41-37-14-17-7-1-2-8-18(17)15-38-41)30-28(34)36-16-23-21-11-5-3-9-19(21)20-10-4-6-12-22(20)23/h1-12,14-15,23-27,31-33,35H,13,16H2,(H,30,34)/t24-,25-,26+,27?,29-/m1/s1. The Labute approximate surface area is 235 Å². The zero-order chi connectivity index (χ0) is 28.6. The summed E-state index contributed by atoms with van der Waals surface area (Å²) in [6.07, 6.45) is -5.27. The van der Waals surface area contributed by atoms with Crippen LogP contribution in [0.5, 0.6) is 0 Å². The Balaban J connectivity index is 1.23. The summed E-state index contributed by atoms with van der Waals surface area (Å²) in [5.41, 5.74) is 1.35. The lowest BCUT2D eigenvalue weighted by atomic mass is 9.93. The number of hydrogen-bond acceptors (Lipinski definition) is 10. The summed E-state index contributed by atoms with van der Waals surface area (Å²) in [5.74, 6) is -0.254. The quantitative estimate of drug-likeness (QED) is 0.214. The Morgan fingerprint density at radius 1 is 0.902 bits per heavy atom. The van der Waals surface area contributed by atoms with Crippen LogP contribution in [0.4, 0.5) is 4.79 Å². The molecule has 41 heavy (non-hydrogen) atoms.